The van der Waals surface area contributed by atoms with Gasteiger partial charge in [-0.25, -0.2) is 0 Å². The summed E-state index contributed by atoms with van der Waals surface area (Å²) in [6.45, 7) is 1.53. The van der Waals surface area contributed by atoms with E-state index in [0.717, 1.165) is 12.8 Å². The molecule has 2 heteroatoms. The van der Waals surface area contributed by atoms with Crippen LogP contribution in [0.4, 0.5) is 0 Å². The molecule has 1 saturated carbocycles. The van der Waals surface area contributed by atoms with Crippen molar-refractivity contribution in [3.05, 3.63) is 0 Å². The van der Waals surface area contributed by atoms with Crippen molar-refractivity contribution in [1.29, 1.82) is 0 Å². The number of ketones is 2. The monoisotopic (exact) mass is 140 g/mol. The number of carbonyl (C=O) groups excluding carboxylic acids is 2. The van der Waals surface area contributed by atoms with Gasteiger partial charge in [-0.1, -0.05) is 0 Å². The molecule has 1 rings (SSSR count). The summed E-state index contributed by atoms with van der Waals surface area (Å²) in [5.74, 6) is 0.726. The number of Topliss-reactive ketones (excluding diaryl/α,β-unsaturated/α-hetero) is 2. The highest BCUT2D eigenvalue weighted by Gasteiger charge is 2.28. The molecule has 0 spiro atoms. The van der Waals surface area contributed by atoms with E-state index < -0.39 is 0 Å². The highest BCUT2D eigenvalue weighted by molar-refractivity contribution is 5.87. The molecule has 1 fully saturated rings. The molecule has 56 valence electrons. The lowest BCUT2D eigenvalue weighted by molar-refractivity contribution is -0.124. The van der Waals surface area contributed by atoms with Crippen molar-refractivity contribution >= 4 is 11.6 Å². The van der Waals surface area contributed by atoms with Gasteiger partial charge in [-0.05, 0) is 19.8 Å². The van der Waals surface area contributed by atoms with E-state index in [2.05, 4.69) is 0 Å². The third-order valence-electron chi connectivity index (χ3n) is 1.76. The van der Waals surface area contributed by atoms with Gasteiger partial charge < -0.3 is 4.79 Å². The quantitative estimate of drug-likeness (QED) is 0.590. The number of rotatable bonds is 4. The van der Waals surface area contributed by atoms with Gasteiger partial charge in [0.1, 0.15) is 11.6 Å². The molecule has 1 aliphatic rings. The molecule has 0 saturated heterocycles. The lowest BCUT2D eigenvalue weighted by Gasteiger charge is -1.92. The summed E-state index contributed by atoms with van der Waals surface area (Å²) in [5.41, 5.74) is 0. The van der Waals surface area contributed by atoms with E-state index in [9.17, 15) is 9.59 Å². The van der Waals surface area contributed by atoms with Crippen molar-refractivity contribution in [1.82, 2.24) is 0 Å². The molecule has 0 unspecified atom stereocenters. The van der Waals surface area contributed by atoms with Crippen LogP contribution in [0.15, 0.2) is 0 Å². The summed E-state index contributed by atoms with van der Waals surface area (Å²) in [6, 6.07) is 0. The average molecular weight is 140 g/mol. The fraction of sp³-hybridized carbons (Fsp3) is 0.750. The van der Waals surface area contributed by atoms with E-state index in [1.807, 2.05) is 0 Å². The molecule has 0 aliphatic heterocycles. The van der Waals surface area contributed by atoms with Gasteiger partial charge in [0.05, 0.1) is 0 Å². The van der Waals surface area contributed by atoms with Gasteiger partial charge in [0.2, 0.25) is 0 Å². The van der Waals surface area contributed by atoms with Crippen LogP contribution in [0.25, 0.3) is 0 Å². The SMILES string of the molecule is CC(=O)CCC(=O)C1CC1. The van der Waals surface area contributed by atoms with Gasteiger partial charge in [-0.3, -0.25) is 4.79 Å². The largest absolute Gasteiger partial charge is 0.300 e. The number of carbonyl (C=O) groups is 2. The van der Waals surface area contributed by atoms with Crippen LogP contribution in [0.5, 0.6) is 0 Å². The summed E-state index contributed by atoms with van der Waals surface area (Å²) in [6.07, 6.45) is 3.02. The Balaban J connectivity index is 2.12. The van der Waals surface area contributed by atoms with Gasteiger partial charge in [0.25, 0.3) is 0 Å². The Hall–Kier alpha value is -0.660. The molecule has 0 radical (unpaired) electrons. The maximum Gasteiger partial charge on any atom is 0.136 e. The van der Waals surface area contributed by atoms with E-state index in [-0.39, 0.29) is 11.6 Å². The molecule has 2 nitrogen and oxygen atoms in total. The second kappa shape index (κ2) is 2.95. The fourth-order valence-corrected chi connectivity index (χ4v) is 0.909. The molecule has 0 amide bonds. The summed E-state index contributed by atoms with van der Waals surface area (Å²) in [4.78, 5) is 21.4. The second-order valence-corrected chi connectivity index (χ2v) is 2.94. The van der Waals surface area contributed by atoms with Gasteiger partial charge >= 0.3 is 0 Å². The maximum atomic E-state index is 11.0. The Kier molecular flexibility index (Phi) is 2.20. The van der Waals surface area contributed by atoms with Crippen molar-refractivity contribution < 1.29 is 9.59 Å². The van der Waals surface area contributed by atoms with Crippen molar-refractivity contribution in [3.8, 4) is 0 Å². The molecule has 1 aliphatic carbocycles. The zero-order valence-electron chi connectivity index (χ0n) is 6.22. The Morgan fingerprint density at radius 3 is 2.30 bits per heavy atom. The molecule has 10 heavy (non-hydrogen) atoms. The van der Waals surface area contributed by atoms with E-state index in [1.165, 1.54) is 6.92 Å². The van der Waals surface area contributed by atoms with Gasteiger partial charge in [0, 0.05) is 18.8 Å². The highest BCUT2D eigenvalue weighted by Crippen LogP contribution is 2.31. The third-order valence-corrected chi connectivity index (χ3v) is 1.76. The normalized spacial score (nSPS) is 16.9. The molecular weight excluding hydrogens is 128 g/mol. The molecule has 0 N–H and O–H groups in total. The number of hydrogen-bond donors (Lipinski definition) is 0. The van der Waals surface area contributed by atoms with Crippen molar-refractivity contribution in [2.75, 3.05) is 0 Å². The van der Waals surface area contributed by atoms with Crippen LogP contribution in [-0.2, 0) is 9.59 Å². The van der Waals surface area contributed by atoms with Gasteiger partial charge in [-0.15, -0.1) is 0 Å². The molecule has 0 aromatic carbocycles. The Morgan fingerprint density at radius 1 is 1.30 bits per heavy atom. The summed E-state index contributed by atoms with van der Waals surface area (Å²) >= 11 is 0. The standard InChI is InChI=1S/C8H12O2/c1-6(9)2-5-8(10)7-3-4-7/h7H,2-5H2,1H3. The van der Waals surface area contributed by atoms with Crippen molar-refractivity contribution in [2.45, 2.75) is 32.6 Å². The molecular formula is C8H12O2. The molecule has 0 aromatic heterocycles. The van der Waals surface area contributed by atoms with Crippen LogP contribution in [0.3, 0.4) is 0 Å². The minimum atomic E-state index is 0.119. The van der Waals surface area contributed by atoms with Crippen molar-refractivity contribution in [3.63, 3.8) is 0 Å². The lowest BCUT2D eigenvalue weighted by Crippen LogP contribution is -2.02. The predicted molar refractivity (Wildman–Crippen MR) is 37.6 cm³/mol. The maximum absolute atomic E-state index is 11.0. The van der Waals surface area contributed by atoms with Crippen LogP contribution in [0.2, 0.25) is 0 Å². The van der Waals surface area contributed by atoms with E-state index in [0.29, 0.717) is 18.8 Å². The van der Waals surface area contributed by atoms with E-state index >= 15 is 0 Å². The predicted octanol–water partition coefficient (Wildman–Crippen LogP) is 1.33. The van der Waals surface area contributed by atoms with Gasteiger partial charge in [0.15, 0.2) is 0 Å². The minimum absolute atomic E-state index is 0.119. The molecule has 0 aromatic rings. The highest BCUT2D eigenvalue weighted by atomic mass is 16.1. The molecule has 0 heterocycles. The van der Waals surface area contributed by atoms with Gasteiger partial charge in [-0.2, -0.15) is 0 Å². The first kappa shape index (κ1) is 7.45. The van der Waals surface area contributed by atoms with Crippen LogP contribution < -0.4 is 0 Å². The second-order valence-electron chi connectivity index (χ2n) is 2.94. The van der Waals surface area contributed by atoms with Crippen molar-refractivity contribution in [2.24, 2.45) is 5.92 Å². The number of hydrogen-bond acceptors (Lipinski definition) is 2. The first-order valence-corrected chi connectivity index (χ1v) is 3.72. The first-order valence-electron chi connectivity index (χ1n) is 3.72. The smallest absolute Gasteiger partial charge is 0.136 e. The molecule has 0 bridgehead atoms. The Morgan fingerprint density at radius 2 is 1.90 bits per heavy atom. The molecule has 0 atom stereocenters. The summed E-state index contributed by atoms with van der Waals surface area (Å²) in [7, 11) is 0. The fourth-order valence-electron chi connectivity index (χ4n) is 0.909. The van der Waals surface area contributed by atoms with Crippen LogP contribution in [-0.4, -0.2) is 11.6 Å². The lowest BCUT2D eigenvalue weighted by atomic mass is 10.1. The average Bonchev–Trinajstić information content (AvgIpc) is 2.63. The third kappa shape index (κ3) is 2.29. The van der Waals surface area contributed by atoms with Crippen LogP contribution in [0, 0.1) is 5.92 Å². The van der Waals surface area contributed by atoms with E-state index in [4.69, 9.17) is 0 Å². The summed E-state index contributed by atoms with van der Waals surface area (Å²) < 4.78 is 0. The zero-order chi connectivity index (χ0) is 7.56. The Bertz CT molecular complexity index is 157. The Labute approximate surface area is 60.6 Å². The summed E-state index contributed by atoms with van der Waals surface area (Å²) in [5, 5.41) is 0. The van der Waals surface area contributed by atoms with Crippen LogP contribution >= 0.6 is 0 Å². The first-order chi connectivity index (χ1) is 4.70. The topological polar surface area (TPSA) is 34.1 Å². The minimum Gasteiger partial charge on any atom is -0.300 e. The van der Waals surface area contributed by atoms with E-state index in [1.54, 1.807) is 0 Å². The zero-order valence-corrected chi connectivity index (χ0v) is 6.22. The van der Waals surface area contributed by atoms with Crippen LogP contribution in [0.1, 0.15) is 32.6 Å².